The van der Waals surface area contributed by atoms with Crippen LogP contribution >= 0.6 is 0 Å². The van der Waals surface area contributed by atoms with Crippen LogP contribution in [-0.4, -0.2) is 11.1 Å². The zero-order valence-electron chi connectivity index (χ0n) is 9.16. The monoisotopic (exact) mass is 195 g/mol. The molecular formula is C11H17NO2. The number of rotatable bonds is 4. The van der Waals surface area contributed by atoms with E-state index in [9.17, 15) is 4.79 Å². The van der Waals surface area contributed by atoms with E-state index in [4.69, 9.17) is 10.4 Å². The highest BCUT2D eigenvalue weighted by molar-refractivity contribution is 5.82. The van der Waals surface area contributed by atoms with Gasteiger partial charge in [-0.2, -0.15) is 5.26 Å². The third-order valence-electron chi connectivity index (χ3n) is 2.51. The summed E-state index contributed by atoms with van der Waals surface area (Å²) in [6, 6.07) is 1.93. The molecule has 0 aliphatic carbocycles. The smallest absolute Gasteiger partial charge is 0.328 e. The van der Waals surface area contributed by atoms with Crippen molar-refractivity contribution in [2.45, 2.75) is 34.1 Å². The van der Waals surface area contributed by atoms with Crippen molar-refractivity contribution >= 4 is 5.97 Å². The van der Waals surface area contributed by atoms with Gasteiger partial charge < -0.3 is 5.11 Å². The standard InChI is InChI=1S/C11H17NO2/c1-5-6-9(4)11(7-12,8(2)3)10(13)14/h6,8H,5H2,1-4H3,(H,13,14)/b9-6+/t11-/m0/s1. The Morgan fingerprint density at radius 2 is 2.14 bits per heavy atom. The number of allylic oxidation sites excluding steroid dienone is 1. The van der Waals surface area contributed by atoms with Crippen molar-refractivity contribution in [3.05, 3.63) is 11.6 Å². The maximum absolute atomic E-state index is 11.1. The van der Waals surface area contributed by atoms with E-state index in [0.29, 0.717) is 5.57 Å². The lowest BCUT2D eigenvalue weighted by Gasteiger charge is -2.26. The predicted octanol–water partition coefficient (Wildman–Crippen LogP) is 2.59. The Morgan fingerprint density at radius 3 is 2.36 bits per heavy atom. The van der Waals surface area contributed by atoms with Gasteiger partial charge in [-0.3, -0.25) is 4.79 Å². The third kappa shape index (κ3) is 1.95. The van der Waals surface area contributed by atoms with Crippen molar-refractivity contribution in [2.75, 3.05) is 0 Å². The van der Waals surface area contributed by atoms with Crippen LogP contribution in [-0.2, 0) is 4.79 Å². The van der Waals surface area contributed by atoms with Crippen molar-refractivity contribution in [3.8, 4) is 6.07 Å². The highest BCUT2D eigenvalue weighted by Gasteiger charge is 2.43. The molecule has 0 amide bonds. The number of hydrogen-bond acceptors (Lipinski definition) is 2. The lowest BCUT2D eigenvalue weighted by Crippen LogP contribution is -2.36. The Kier molecular flexibility index (Phi) is 4.36. The molecule has 0 aromatic heterocycles. The minimum Gasteiger partial charge on any atom is -0.480 e. The second-order valence-electron chi connectivity index (χ2n) is 3.68. The number of hydrogen-bond donors (Lipinski definition) is 1. The molecule has 0 spiro atoms. The van der Waals surface area contributed by atoms with E-state index in [0.717, 1.165) is 6.42 Å². The summed E-state index contributed by atoms with van der Waals surface area (Å²) >= 11 is 0. The van der Waals surface area contributed by atoms with E-state index < -0.39 is 11.4 Å². The first-order chi connectivity index (χ1) is 6.43. The van der Waals surface area contributed by atoms with Crippen LogP contribution in [0.3, 0.4) is 0 Å². The quantitative estimate of drug-likeness (QED) is 0.701. The molecule has 0 aromatic carbocycles. The van der Waals surface area contributed by atoms with Crippen LogP contribution < -0.4 is 0 Å². The van der Waals surface area contributed by atoms with Crippen molar-refractivity contribution in [1.29, 1.82) is 5.26 Å². The Bertz CT molecular complexity index is 286. The summed E-state index contributed by atoms with van der Waals surface area (Å²) in [7, 11) is 0. The van der Waals surface area contributed by atoms with Gasteiger partial charge in [0.15, 0.2) is 5.41 Å². The van der Waals surface area contributed by atoms with E-state index in [-0.39, 0.29) is 5.92 Å². The van der Waals surface area contributed by atoms with Gasteiger partial charge >= 0.3 is 5.97 Å². The molecule has 0 heterocycles. The fraction of sp³-hybridized carbons (Fsp3) is 0.636. The lowest BCUT2D eigenvalue weighted by atomic mass is 9.72. The summed E-state index contributed by atoms with van der Waals surface area (Å²) in [5.41, 5.74) is -0.735. The van der Waals surface area contributed by atoms with E-state index in [1.807, 2.05) is 13.0 Å². The van der Waals surface area contributed by atoms with Gasteiger partial charge in [-0.15, -0.1) is 0 Å². The van der Waals surface area contributed by atoms with Gasteiger partial charge in [-0.25, -0.2) is 0 Å². The van der Waals surface area contributed by atoms with Gasteiger partial charge in [0.1, 0.15) is 0 Å². The Morgan fingerprint density at radius 1 is 1.64 bits per heavy atom. The Hall–Kier alpha value is -1.30. The average molecular weight is 195 g/mol. The first-order valence-electron chi connectivity index (χ1n) is 4.75. The Balaban J connectivity index is 5.40. The van der Waals surface area contributed by atoms with Crippen LogP contribution in [0, 0.1) is 22.7 Å². The van der Waals surface area contributed by atoms with Gasteiger partial charge in [-0.1, -0.05) is 26.8 Å². The molecule has 0 bridgehead atoms. The molecule has 0 aromatic rings. The number of nitriles is 1. The molecule has 78 valence electrons. The highest BCUT2D eigenvalue weighted by Crippen LogP contribution is 2.35. The van der Waals surface area contributed by atoms with Gasteiger partial charge in [0.05, 0.1) is 6.07 Å². The van der Waals surface area contributed by atoms with Gasteiger partial charge in [0.25, 0.3) is 0 Å². The number of aliphatic carboxylic acids is 1. The molecule has 0 aliphatic heterocycles. The first-order valence-corrected chi connectivity index (χ1v) is 4.75. The number of carbonyl (C=O) groups is 1. The maximum atomic E-state index is 11.1. The molecule has 0 radical (unpaired) electrons. The van der Waals surface area contributed by atoms with E-state index in [1.165, 1.54) is 0 Å². The topological polar surface area (TPSA) is 61.1 Å². The fourth-order valence-electron chi connectivity index (χ4n) is 1.60. The molecule has 3 heteroatoms. The average Bonchev–Trinajstić information content (AvgIpc) is 2.05. The normalized spacial score (nSPS) is 16.1. The van der Waals surface area contributed by atoms with Crippen LogP contribution in [0.1, 0.15) is 34.1 Å². The number of carboxylic acid groups (broad SMARTS) is 1. The maximum Gasteiger partial charge on any atom is 0.328 e. The zero-order chi connectivity index (χ0) is 11.4. The van der Waals surface area contributed by atoms with Crippen molar-refractivity contribution in [3.63, 3.8) is 0 Å². The molecular weight excluding hydrogens is 178 g/mol. The zero-order valence-corrected chi connectivity index (χ0v) is 9.16. The molecule has 3 nitrogen and oxygen atoms in total. The molecule has 1 N–H and O–H groups in total. The molecule has 0 rings (SSSR count). The lowest BCUT2D eigenvalue weighted by molar-refractivity contribution is -0.145. The minimum atomic E-state index is -1.37. The SMILES string of the molecule is CC/C=C(\C)[C@@](C#N)(C(=O)O)C(C)C. The second-order valence-corrected chi connectivity index (χ2v) is 3.68. The van der Waals surface area contributed by atoms with E-state index in [2.05, 4.69) is 0 Å². The van der Waals surface area contributed by atoms with Gasteiger partial charge in [-0.05, 0) is 24.8 Å². The van der Waals surface area contributed by atoms with E-state index >= 15 is 0 Å². The molecule has 0 unspecified atom stereocenters. The van der Waals surface area contributed by atoms with Gasteiger partial charge in [0, 0.05) is 0 Å². The van der Waals surface area contributed by atoms with Crippen LogP contribution in [0.2, 0.25) is 0 Å². The number of carboxylic acids is 1. The number of nitrogens with zero attached hydrogens (tertiary/aromatic N) is 1. The molecule has 0 saturated heterocycles. The largest absolute Gasteiger partial charge is 0.480 e. The highest BCUT2D eigenvalue weighted by atomic mass is 16.4. The second kappa shape index (κ2) is 4.80. The van der Waals surface area contributed by atoms with Gasteiger partial charge in [0.2, 0.25) is 0 Å². The molecule has 1 atom stereocenters. The summed E-state index contributed by atoms with van der Waals surface area (Å²) in [4.78, 5) is 11.1. The summed E-state index contributed by atoms with van der Waals surface area (Å²) in [5, 5.41) is 18.2. The summed E-state index contributed by atoms with van der Waals surface area (Å²) in [6.45, 7) is 7.14. The van der Waals surface area contributed by atoms with E-state index in [1.54, 1.807) is 26.8 Å². The summed E-state index contributed by atoms with van der Waals surface area (Å²) in [6.07, 6.45) is 2.55. The molecule has 0 saturated carbocycles. The van der Waals surface area contributed by atoms with Crippen LogP contribution in [0.15, 0.2) is 11.6 Å². The third-order valence-corrected chi connectivity index (χ3v) is 2.51. The van der Waals surface area contributed by atoms with Crippen molar-refractivity contribution < 1.29 is 9.90 Å². The summed E-state index contributed by atoms with van der Waals surface area (Å²) < 4.78 is 0. The molecule has 0 aliphatic rings. The van der Waals surface area contributed by atoms with Crippen LogP contribution in [0.25, 0.3) is 0 Å². The van der Waals surface area contributed by atoms with Crippen LogP contribution in [0.5, 0.6) is 0 Å². The molecule has 0 fully saturated rings. The predicted molar refractivity (Wildman–Crippen MR) is 54.6 cm³/mol. The van der Waals surface area contributed by atoms with Crippen molar-refractivity contribution in [2.24, 2.45) is 11.3 Å². The summed E-state index contributed by atoms with van der Waals surface area (Å²) in [5.74, 6) is -1.29. The minimum absolute atomic E-state index is 0.229. The van der Waals surface area contributed by atoms with Crippen molar-refractivity contribution in [1.82, 2.24) is 0 Å². The Labute approximate surface area is 85.0 Å². The first kappa shape index (κ1) is 12.7. The fourth-order valence-corrected chi connectivity index (χ4v) is 1.60. The molecule has 14 heavy (non-hydrogen) atoms. The van der Waals surface area contributed by atoms with Crippen LogP contribution in [0.4, 0.5) is 0 Å².